The Kier molecular flexibility index (Phi) is 5.89. The molecule has 0 amide bonds. The molecule has 0 heterocycles. The van der Waals surface area contributed by atoms with Crippen molar-refractivity contribution in [1.82, 2.24) is 0 Å². The highest BCUT2D eigenvalue weighted by molar-refractivity contribution is 6.93. The van der Waals surface area contributed by atoms with Crippen LogP contribution in [0.3, 0.4) is 0 Å². The Labute approximate surface area is 90.6 Å². The molecule has 0 saturated heterocycles. The molecule has 0 aliphatic heterocycles. The van der Waals surface area contributed by atoms with Gasteiger partial charge in [-0.2, -0.15) is 0 Å². The normalized spacial score (nSPS) is 12.9. The zero-order valence-electron chi connectivity index (χ0n) is 10.2. The molecule has 14 heavy (non-hydrogen) atoms. The molecule has 0 aromatic carbocycles. The molecule has 0 aromatic rings. The standard InChI is InChI=1S/C10H24O2Si2/c1-7-11-14(6,12-8-2)10-13(4,5)9-3/h9H,3,7-8,10H2,1-2,4-6H3. The summed E-state index contributed by atoms with van der Waals surface area (Å²) in [5, 5.41) is 0. The third-order valence-corrected chi connectivity index (χ3v) is 11.3. The fraction of sp³-hybridized carbons (Fsp3) is 0.800. The SMILES string of the molecule is C=C[Si](C)(C)C[Si](C)(OCC)OCC. The second-order valence-electron chi connectivity index (χ2n) is 4.37. The Morgan fingerprint density at radius 2 is 1.50 bits per heavy atom. The summed E-state index contributed by atoms with van der Waals surface area (Å²) in [6.07, 6.45) is 0. The first kappa shape index (κ1) is 14.1. The summed E-state index contributed by atoms with van der Waals surface area (Å²) in [7, 11) is -3.23. The lowest BCUT2D eigenvalue weighted by Crippen LogP contribution is -2.46. The zero-order chi connectivity index (χ0) is 11.2. The minimum Gasteiger partial charge on any atom is -0.395 e. The zero-order valence-corrected chi connectivity index (χ0v) is 12.2. The Morgan fingerprint density at radius 1 is 1.07 bits per heavy atom. The van der Waals surface area contributed by atoms with Crippen LogP contribution < -0.4 is 0 Å². The van der Waals surface area contributed by atoms with E-state index < -0.39 is 16.6 Å². The summed E-state index contributed by atoms with van der Waals surface area (Å²) in [6.45, 7) is 16.3. The summed E-state index contributed by atoms with van der Waals surface area (Å²) in [4.78, 5) is 0. The smallest absolute Gasteiger partial charge is 0.332 e. The molecule has 0 radical (unpaired) electrons. The average Bonchev–Trinajstić information content (AvgIpc) is 2.03. The van der Waals surface area contributed by atoms with Crippen molar-refractivity contribution < 1.29 is 8.85 Å². The van der Waals surface area contributed by atoms with Crippen molar-refractivity contribution in [2.45, 2.75) is 39.2 Å². The Balaban J connectivity index is 4.42. The van der Waals surface area contributed by atoms with E-state index in [9.17, 15) is 0 Å². The van der Waals surface area contributed by atoms with E-state index in [1.807, 2.05) is 13.8 Å². The molecular formula is C10H24O2Si2. The largest absolute Gasteiger partial charge is 0.395 e. The molecule has 0 rings (SSSR count). The Bertz CT molecular complexity index is 175. The van der Waals surface area contributed by atoms with Crippen LogP contribution in [-0.2, 0) is 8.85 Å². The van der Waals surface area contributed by atoms with Crippen LogP contribution in [0.1, 0.15) is 13.8 Å². The maximum atomic E-state index is 5.81. The summed E-state index contributed by atoms with van der Waals surface area (Å²) < 4.78 is 11.6. The molecule has 4 heteroatoms. The van der Waals surface area contributed by atoms with Crippen LogP contribution in [0.4, 0.5) is 0 Å². The molecule has 0 unspecified atom stereocenters. The van der Waals surface area contributed by atoms with E-state index in [1.165, 1.54) is 0 Å². The van der Waals surface area contributed by atoms with Gasteiger partial charge in [0.25, 0.3) is 0 Å². The molecule has 0 spiro atoms. The lowest BCUT2D eigenvalue weighted by molar-refractivity contribution is 0.193. The number of hydrogen-bond acceptors (Lipinski definition) is 2. The Hall–Kier alpha value is 0.0938. The maximum absolute atomic E-state index is 5.81. The minimum atomic E-state index is -1.92. The number of hydrogen-bond donors (Lipinski definition) is 0. The summed E-state index contributed by atoms with van der Waals surface area (Å²) in [5.41, 5.74) is 3.22. The van der Waals surface area contributed by atoms with Gasteiger partial charge >= 0.3 is 8.56 Å². The van der Waals surface area contributed by atoms with Crippen LogP contribution in [0.5, 0.6) is 0 Å². The van der Waals surface area contributed by atoms with Gasteiger partial charge in [0.2, 0.25) is 0 Å². The van der Waals surface area contributed by atoms with E-state index >= 15 is 0 Å². The molecule has 0 fully saturated rings. The number of rotatable bonds is 7. The van der Waals surface area contributed by atoms with E-state index in [1.54, 1.807) is 0 Å². The molecular weight excluding hydrogens is 208 g/mol. The van der Waals surface area contributed by atoms with Gasteiger partial charge in [0, 0.05) is 13.2 Å². The van der Waals surface area contributed by atoms with Gasteiger partial charge in [0.05, 0.1) is 8.07 Å². The second-order valence-corrected chi connectivity index (χ2v) is 13.0. The first-order valence-corrected chi connectivity index (χ1v) is 11.1. The van der Waals surface area contributed by atoms with Crippen LogP contribution >= 0.6 is 0 Å². The molecule has 2 nitrogen and oxygen atoms in total. The topological polar surface area (TPSA) is 18.5 Å². The molecule has 0 N–H and O–H groups in total. The average molecular weight is 232 g/mol. The van der Waals surface area contributed by atoms with Crippen molar-refractivity contribution in [3.05, 3.63) is 12.3 Å². The fourth-order valence-corrected chi connectivity index (χ4v) is 11.0. The predicted molar refractivity (Wildman–Crippen MR) is 67.4 cm³/mol. The predicted octanol–water partition coefficient (Wildman–Crippen LogP) is 3.10. The van der Waals surface area contributed by atoms with Gasteiger partial charge in [-0.25, -0.2) is 0 Å². The van der Waals surface area contributed by atoms with E-state index in [0.29, 0.717) is 0 Å². The van der Waals surface area contributed by atoms with Crippen molar-refractivity contribution in [3.8, 4) is 0 Å². The molecule has 0 atom stereocenters. The molecule has 0 aliphatic carbocycles. The van der Waals surface area contributed by atoms with Gasteiger partial charge in [-0.3, -0.25) is 0 Å². The van der Waals surface area contributed by atoms with Crippen LogP contribution in [0.25, 0.3) is 0 Å². The van der Waals surface area contributed by atoms with E-state index in [4.69, 9.17) is 8.85 Å². The van der Waals surface area contributed by atoms with E-state index in [-0.39, 0.29) is 0 Å². The van der Waals surface area contributed by atoms with Gasteiger partial charge in [0.1, 0.15) is 0 Å². The third-order valence-electron chi connectivity index (χ3n) is 2.23. The van der Waals surface area contributed by atoms with Crippen molar-refractivity contribution in [1.29, 1.82) is 0 Å². The Morgan fingerprint density at radius 3 is 1.79 bits per heavy atom. The van der Waals surface area contributed by atoms with Crippen molar-refractivity contribution in [2.75, 3.05) is 13.2 Å². The van der Waals surface area contributed by atoms with Crippen LogP contribution in [-0.4, -0.2) is 29.8 Å². The van der Waals surface area contributed by atoms with Crippen LogP contribution in [0.2, 0.25) is 25.3 Å². The lowest BCUT2D eigenvalue weighted by Gasteiger charge is -2.31. The van der Waals surface area contributed by atoms with Crippen molar-refractivity contribution in [2.24, 2.45) is 0 Å². The van der Waals surface area contributed by atoms with Crippen molar-refractivity contribution in [3.63, 3.8) is 0 Å². The van der Waals surface area contributed by atoms with E-state index in [2.05, 4.69) is 31.9 Å². The minimum absolute atomic E-state index is 0.754. The summed E-state index contributed by atoms with van der Waals surface area (Å²) in [6, 6.07) is 0. The molecule has 0 aliphatic rings. The first-order chi connectivity index (χ1) is 6.39. The molecule has 84 valence electrons. The second kappa shape index (κ2) is 5.85. The van der Waals surface area contributed by atoms with Crippen LogP contribution in [0, 0.1) is 0 Å². The van der Waals surface area contributed by atoms with Gasteiger partial charge in [-0.1, -0.05) is 13.1 Å². The fourth-order valence-electron chi connectivity index (χ4n) is 1.65. The van der Waals surface area contributed by atoms with Gasteiger partial charge < -0.3 is 8.85 Å². The van der Waals surface area contributed by atoms with Crippen LogP contribution in [0.15, 0.2) is 12.3 Å². The van der Waals surface area contributed by atoms with Gasteiger partial charge in [-0.15, -0.1) is 12.3 Å². The quantitative estimate of drug-likeness (QED) is 0.628. The molecule has 0 aromatic heterocycles. The maximum Gasteiger partial charge on any atom is 0.332 e. The highest BCUT2D eigenvalue weighted by atomic mass is 28.4. The van der Waals surface area contributed by atoms with E-state index in [0.717, 1.165) is 18.9 Å². The third kappa shape index (κ3) is 5.09. The van der Waals surface area contributed by atoms with Crippen molar-refractivity contribution >= 4 is 16.6 Å². The first-order valence-electron chi connectivity index (χ1n) is 5.30. The summed E-state index contributed by atoms with van der Waals surface area (Å²) in [5.74, 6) is 0. The molecule has 0 bridgehead atoms. The summed E-state index contributed by atoms with van der Waals surface area (Å²) >= 11 is 0. The monoisotopic (exact) mass is 232 g/mol. The lowest BCUT2D eigenvalue weighted by atomic mass is 10.9. The highest BCUT2D eigenvalue weighted by Gasteiger charge is 2.37. The molecule has 0 saturated carbocycles. The van der Waals surface area contributed by atoms with Gasteiger partial charge in [-0.05, 0) is 26.1 Å². The van der Waals surface area contributed by atoms with Gasteiger partial charge in [0.15, 0.2) is 0 Å². The highest BCUT2D eigenvalue weighted by Crippen LogP contribution is 2.22.